The van der Waals surface area contributed by atoms with Crippen molar-refractivity contribution < 1.29 is 9.59 Å². The Morgan fingerprint density at radius 3 is 2.57 bits per heavy atom. The van der Waals surface area contributed by atoms with E-state index < -0.39 is 11.6 Å². The van der Waals surface area contributed by atoms with Gasteiger partial charge in [0.2, 0.25) is 0 Å². The first kappa shape index (κ1) is 19.3. The van der Waals surface area contributed by atoms with E-state index in [0.717, 1.165) is 5.56 Å². The van der Waals surface area contributed by atoms with Crippen molar-refractivity contribution >= 4 is 28.7 Å². The molecule has 0 aliphatic rings. The van der Waals surface area contributed by atoms with Gasteiger partial charge in [-0.25, -0.2) is 14.8 Å². The lowest BCUT2D eigenvalue weighted by Gasteiger charge is -2.26. The number of hydrogen-bond acceptors (Lipinski definition) is 5. The molecule has 0 fully saturated rings. The summed E-state index contributed by atoms with van der Waals surface area (Å²) in [5.41, 5.74) is 12.9. The molecule has 5 N–H and O–H groups in total. The molecule has 1 aromatic carbocycles. The van der Waals surface area contributed by atoms with Crippen LogP contribution in [0.2, 0.25) is 0 Å². The van der Waals surface area contributed by atoms with Crippen molar-refractivity contribution in [1.29, 1.82) is 0 Å². The molecule has 8 nitrogen and oxygen atoms in total. The molecule has 0 bridgehead atoms. The first-order chi connectivity index (χ1) is 13.1. The van der Waals surface area contributed by atoms with Crippen molar-refractivity contribution in [2.24, 2.45) is 5.73 Å². The second-order valence-corrected chi connectivity index (χ2v) is 7.53. The number of carbonyl (C=O) groups excluding carboxylic acids is 2. The fraction of sp³-hybridized carbons (Fsp3) is 0.300. The summed E-state index contributed by atoms with van der Waals surface area (Å²) in [5, 5.41) is 3.23. The highest BCUT2D eigenvalue weighted by Gasteiger charge is 2.25. The molecule has 0 spiro atoms. The average molecular weight is 380 g/mol. The fourth-order valence-electron chi connectivity index (χ4n) is 3.26. The Labute approximate surface area is 163 Å². The average Bonchev–Trinajstić information content (AvgIpc) is 3.01. The lowest BCUT2D eigenvalue weighted by molar-refractivity contribution is 0.104. The van der Waals surface area contributed by atoms with Crippen molar-refractivity contribution in [3.05, 3.63) is 53.5 Å². The number of nitrogens with zero attached hydrogens (tertiary/aromatic N) is 3. The minimum absolute atomic E-state index is 0.100. The van der Waals surface area contributed by atoms with E-state index in [1.165, 1.54) is 6.33 Å². The maximum absolute atomic E-state index is 13.3. The summed E-state index contributed by atoms with van der Waals surface area (Å²) < 4.78 is 1.91. The molecule has 3 aromatic rings. The van der Waals surface area contributed by atoms with Crippen LogP contribution in [0.3, 0.4) is 0 Å². The third-order valence-electron chi connectivity index (χ3n) is 4.72. The highest BCUT2D eigenvalue weighted by molar-refractivity contribution is 6.18. The lowest BCUT2D eigenvalue weighted by Crippen LogP contribution is -2.44. The van der Waals surface area contributed by atoms with Crippen molar-refractivity contribution in [3.8, 4) is 0 Å². The van der Waals surface area contributed by atoms with Gasteiger partial charge in [0.05, 0.1) is 16.5 Å². The van der Waals surface area contributed by atoms with Crippen LogP contribution in [-0.4, -0.2) is 26.3 Å². The van der Waals surface area contributed by atoms with E-state index in [0.29, 0.717) is 22.2 Å². The van der Waals surface area contributed by atoms with E-state index in [2.05, 4.69) is 15.3 Å². The van der Waals surface area contributed by atoms with Crippen LogP contribution in [0.5, 0.6) is 0 Å². The number of benzene rings is 1. The Morgan fingerprint density at radius 1 is 1.21 bits per heavy atom. The Hall–Kier alpha value is -3.42. The standard InChI is InChI=1S/C20H24N6O2/c1-11(2)26-9-14(15-17(21)23-10-24-18(15)26)16(27)12-6-5-7-13(8-12)20(3,4)25-19(22)28/h5-11H,1-4H3,(H2,21,23,24)(H3,22,25,28). The minimum Gasteiger partial charge on any atom is -0.383 e. The molecule has 0 radical (unpaired) electrons. The lowest BCUT2D eigenvalue weighted by atomic mass is 9.91. The highest BCUT2D eigenvalue weighted by Crippen LogP contribution is 2.29. The normalized spacial score (nSPS) is 11.8. The van der Waals surface area contributed by atoms with Crippen LogP contribution in [0.4, 0.5) is 10.6 Å². The maximum atomic E-state index is 13.3. The van der Waals surface area contributed by atoms with Gasteiger partial charge in [0.1, 0.15) is 17.8 Å². The van der Waals surface area contributed by atoms with Gasteiger partial charge in [-0.2, -0.15) is 0 Å². The second kappa shape index (κ2) is 6.95. The number of aromatic nitrogens is 3. The molecule has 0 saturated heterocycles. The zero-order chi connectivity index (χ0) is 20.6. The molecule has 2 amide bonds. The largest absolute Gasteiger partial charge is 0.383 e. The van der Waals surface area contributed by atoms with Crippen LogP contribution >= 0.6 is 0 Å². The molecule has 28 heavy (non-hydrogen) atoms. The van der Waals surface area contributed by atoms with E-state index in [9.17, 15) is 9.59 Å². The summed E-state index contributed by atoms with van der Waals surface area (Å²) in [6.45, 7) is 7.64. The van der Waals surface area contributed by atoms with Crippen LogP contribution in [-0.2, 0) is 5.54 Å². The van der Waals surface area contributed by atoms with Gasteiger partial charge in [0, 0.05) is 17.8 Å². The fourth-order valence-corrected chi connectivity index (χ4v) is 3.26. The quantitative estimate of drug-likeness (QED) is 0.586. The number of anilines is 1. The summed E-state index contributed by atoms with van der Waals surface area (Å²) in [4.78, 5) is 33.0. The number of rotatable bonds is 5. The topological polar surface area (TPSA) is 129 Å². The molecular formula is C20H24N6O2. The van der Waals surface area contributed by atoms with Crippen molar-refractivity contribution in [2.45, 2.75) is 39.3 Å². The molecule has 0 aliphatic heterocycles. The van der Waals surface area contributed by atoms with Crippen LogP contribution in [0.25, 0.3) is 11.0 Å². The zero-order valence-electron chi connectivity index (χ0n) is 16.4. The van der Waals surface area contributed by atoms with E-state index in [-0.39, 0.29) is 17.6 Å². The third kappa shape index (κ3) is 3.40. The third-order valence-corrected chi connectivity index (χ3v) is 4.72. The number of carbonyl (C=O) groups is 2. The van der Waals surface area contributed by atoms with Gasteiger partial charge in [-0.15, -0.1) is 0 Å². The van der Waals surface area contributed by atoms with Gasteiger partial charge in [-0.05, 0) is 39.3 Å². The van der Waals surface area contributed by atoms with E-state index >= 15 is 0 Å². The number of nitrogens with one attached hydrogen (secondary N) is 1. The number of primary amides is 1. The summed E-state index contributed by atoms with van der Waals surface area (Å²) in [6.07, 6.45) is 3.16. The number of nitrogen functional groups attached to an aromatic ring is 1. The molecule has 146 valence electrons. The Morgan fingerprint density at radius 2 is 1.93 bits per heavy atom. The van der Waals surface area contributed by atoms with E-state index in [4.69, 9.17) is 11.5 Å². The number of fused-ring (bicyclic) bond motifs is 1. The van der Waals surface area contributed by atoms with Gasteiger partial charge in [0.25, 0.3) is 0 Å². The first-order valence-corrected chi connectivity index (χ1v) is 8.95. The summed E-state index contributed by atoms with van der Waals surface area (Å²) in [7, 11) is 0. The SMILES string of the molecule is CC(C)n1cc(C(=O)c2cccc(C(C)(C)NC(N)=O)c2)c2c(N)ncnc21. The smallest absolute Gasteiger partial charge is 0.312 e. The zero-order valence-corrected chi connectivity index (χ0v) is 16.4. The Balaban J connectivity index is 2.11. The van der Waals surface area contributed by atoms with E-state index in [1.54, 1.807) is 24.4 Å². The monoisotopic (exact) mass is 380 g/mol. The molecule has 3 rings (SSSR count). The van der Waals surface area contributed by atoms with Gasteiger partial charge >= 0.3 is 6.03 Å². The first-order valence-electron chi connectivity index (χ1n) is 8.95. The Bertz CT molecular complexity index is 1070. The van der Waals surface area contributed by atoms with Crippen LogP contribution in [0.15, 0.2) is 36.8 Å². The molecule has 8 heteroatoms. The number of hydrogen-bond donors (Lipinski definition) is 3. The molecule has 0 saturated carbocycles. The van der Waals surface area contributed by atoms with Crippen molar-refractivity contribution in [3.63, 3.8) is 0 Å². The minimum atomic E-state index is -0.726. The van der Waals surface area contributed by atoms with Gasteiger partial charge in [0.15, 0.2) is 5.78 Å². The van der Waals surface area contributed by atoms with Crippen molar-refractivity contribution in [2.75, 3.05) is 5.73 Å². The van der Waals surface area contributed by atoms with Gasteiger partial charge < -0.3 is 21.4 Å². The van der Waals surface area contributed by atoms with Crippen LogP contribution in [0, 0.1) is 0 Å². The number of urea groups is 1. The summed E-state index contributed by atoms with van der Waals surface area (Å²) in [5.74, 6) is 0.0715. The molecule has 2 heterocycles. The molecule has 0 unspecified atom stereocenters. The van der Waals surface area contributed by atoms with Crippen LogP contribution in [0.1, 0.15) is 55.2 Å². The van der Waals surface area contributed by atoms with Crippen LogP contribution < -0.4 is 16.8 Å². The predicted molar refractivity (Wildman–Crippen MR) is 108 cm³/mol. The van der Waals surface area contributed by atoms with Gasteiger partial charge in [-0.1, -0.05) is 18.2 Å². The predicted octanol–water partition coefficient (Wildman–Crippen LogP) is 2.73. The molecule has 0 aliphatic carbocycles. The molecule has 2 aromatic heterocycles. The number of nitrogens with two attached hydrogens (primary N) is 2. The van der Waals surface area contributed by atoms with E-state index in [1.807, 2.05) is 38.3 Å². The Kier molecular flexibility index (Phi) is 4.80. The maximum Gasteiger partial charge on any atom is 0.312 e. The second-order valence-electron chi connectivity index (χ2n) is 7.53. The summed E-state index contributed by atoms with van der Waals surface area (Å²) >= 11 is 0. The van der Waals surface area contributed by atoms with Crippen molar-refractivity contribution in [1.82, 2.24) is 19.9 Å². The number of amides is 2. The molecular weight excluding hydrogens is 356 g/mol. The molecule has 0 atom stereocenters. The highest BCUT2D eigenvalue weighted by atomic mass is 16.2. The summed E-state index contributed by atoms with van der Waals surface area (Å²) in [6, 6.07) is 6.55. The van der Waals surface area contributed by atoms with Gasteiger partial charge in [-0.3, -0.25) is 4.79 Å². The number of ketones is 1.